The lowest BCUT2D eigenvalue weighted by Crippen LogP contribution is -2.30. The number of aryl methyl sites for hydroxylation is 2. The minimum Gasteiger partial charge on any atom is -0.494 e. The van der Waals surface area contributed by atoms with Gasteiger partial charge in [-0.05, 0) is 57.4 Å². The third kappa shape index (κ3) is 3.16. The molecule has 6 nitrogen and oxygen atoms in total. The van der Waals surface area contributed by atoms with E-state index >= 15 is 0 Å². The molecule has 0 N–H and O–H groups in total. The first-order valence-electron chi connectivity index (χ1n) is 9.44. The number of likely N-dealkylation sites (tertiary alicyclic amines) is 1. The van der Waals surface area contributed by atoms with Crippen LogP contribution in [0.2, 0.25) is 0 Å². The van der Waals surface area contributed by atoms with E-state index in [2.05, 4.69) is 22.2 Å². The molecular weight excluding hydrogens is 340 g/mol. The van der Waals surface area contributed by atoms with Crippen molar-refractivity contribution in [2.24, 2.45) is 0 Å². The average Bonchev–Trinajstić information content (AvgIpc) is 3.29. The van der Waals surface area contributed by atoms with Crippen LogP contribution < -0.4 is 4.74 Å². The molecule has 1 amide bonds. The maximum absolute atomic E-state index is 13.3. The van der Waals surface area contributed by atoms with Crippen LogP contribution in [0.15, 0.2) is 36.5 Å². The zero-order valence-corrected chi connectivity index (χ0v) is 16.0. The van der Waals surface area contributed by atoms with Gasteiger partial charge in [0.1, 0.15) is 11.3 Å². The molecule has 4 rings (SSSR count). The number of nitrogens with zero attached hydrogens (tertiary/aromatic N) is 4. The van der Waals surface area contributed by atoms with Crippen LogP contribution in [0.4, 0.5) is 0 Å². The van der Waals surface area contributed by atoms with Crippen molar-refractivity contribution in [3.8, 4) is 5.75 Å². The number of ether oxygens (including phenoxy) is 1. The molecule has 140 valence electrons. The Bertz CT molecular complexity index is 978. The van der Waals surface area contributed by atoms with Gasteiger partial charge in [0.05, 0.1) is 18.8 Å². The van der Waals surface area contributed by atoms with E-state index in [0.717, 1.165) is 42.1 Å². The summed E-state index contributed by atoms with van der Waals surface area (Å²) in [5.41, 5.74) is 4.20. The highest BCUT2D eigenvalue weighted by atomic mass is 16.5. The third-order valence-corrected chi connectivity index (χ3v) is 5.10. The second-order valence-electron chi connectivity index (χ2n) is 6.99. The number of hydrogen-bond acceptors (Lipinski definition) is 4. The van der Waals surface area contributed by atoms with Gasteiger partial charge in [0.15, 0.2) is 5.65 Å². The molecule has 2 aromatic heterocycles. The third-order valence-electron chi connectivity index (χ3n) is 5.10. The number of fused-ring (bicyclic) bond motifs is 1. The Morgan fingerprint density at radius 1 is 1.26 bits per heavy atom. The van der Waals surface area contributed by atoms with Crippen molar-refractivity contribution in [3.05, 3.63) is 59.0 Å². The Kier molecular flexibility index (Phi) is 4.56. The van der Waals surface area contributed by atoms with Crippen LogP contribution in [0, 0.1) is 13.8 Å². The monoisotopic (exact) mass is 364 g/mol. The zero-order valence-electron chi connectivity index (χ0n) is 16.0. The summed E-state index contributed by atoms with van der Waals surface area (Å²) >= 11 is 0. The highest BCUT2D eigenvalue weighted by Crippen LogP contribution is 2.34. The molecular formula is C21H24N4O2. The van der Waals surface area contributed by atoms with Crippen molar-refractivity contribution in [1.82, 2.24) is 19.5 Å². The van der Waals surface area contributed by atoms with Gasteiger partial charge in [0.2, 0.25) is 0 Å². The lowest BCUT2D eigenvalue weighted by Gasteiger charge is -2.25. The first-order valence-corrected chi connectivity index (χ1v) is 9.44. The summed E-state index contributed by atoms with van der Waals surface area (Å²) < 4.78 is 7.27. The maximum Gasteiger partial charge on any atom is 0.259 e. The molecule has 0 radical (unpaired) electrons. The molecule has 27 heavy (non-hydrogen) atoms. The number of carbonyl (C=O) groups excluding carboxylic acids is 1. The van der Waals surface area contributed by atoms with Crippen LogP contribution in [0.3, 0.4) is 0 Å². The molecule has 0 spiro atoms. The summed E-state index contributed by atoms with van der Waals surface area (Å²) in [4.78, 5) is 19.8. The van der Waals surface area contributed by atoms with E-state index in [1.807, 2.05) is 43.9 Å². The highest BCUT2D eigenvalue weighted by Gasteiger charge is 2.32. The first-order chi connectivity index (χ1) is 13.1. The Balaban J connectivity index is 1.65. The predicted molar refractivity (Wildman–Crippen MR) is 103 cm³/mol. The standard InChI is InChI=1S/C21H24N4O2/c1-4-27-17-9-7-16(8-10-17)19-6-5-11-24(19)21(26)18-13-22-25-15(3)12-14(2)23-20(18)25/h7-10,12-13,19H,4-6,11H2,1-3H3. The largest absolute Gasteiger partial charge is 0.494 e. The van der Waals surface area contributed by atoms with Crippen LogP contribution in [0.25, 0.3) is 5.65 Å². The number of carbonyl (C=O) groups is 1. The molecule has 6 heteroatoms. The van der Waals surface area contributed by atoms with Gasteiger partial charge < -0.3 is 9.64 Å². The normalized spacial score (nSPS) is 16.9. The van der Waals surface area contributed by atoms with E-state index in [9.17, 15) is 4.79 Å². The molecule has 1 atom stereocenters. The fraction of sp³-hybridized carbons (Fsp3) is 0.381. The number of aromatic nitrogens is 3. The minimum atomic E-state index is -0.00103. The lowest BCUT2D eigenvalue weighted by molar-refractivity contribution is 0.0737. The van der Waals surface area contributed by atoms with E-state index < -0.39 is 0 Å². The van der Waals surface area contributed by atoms with Gasteiger partial charge in [-0.2, -0.15) is 5.10 Å². The number of amides is 1. The molecule has 1 aromatic carbocycles. The molecule has 0 aliphatic carbocycles. The number of hydrogen-bond donors (Lipinski definition) is 0. The summed E-state index contributed by atoms with van der Waals surface area (Å²) in [6.07, 6.45) is 3.60. The quantitative estimate of drug-likeness (QED) is 0.708. The molecule has 3 aromatic rings. The number of rotatable bonds is 4. The Morgan fingerprint density at radius 2 is 2.04 bits per heavy atom. The number of benzene rings is 1. The Labute approximate surface area is 158 Å². The van der Waals surface area contributed by atoms with E-state index in [-0.39, 0.29) is 11.9 Å². The van der Waals surface area contributed by atoms with E-state index in [1.165, 1.54) is 0 Å². The molecule has 3 heterocycles. The molecule has 0 bridgehead atoms. The van der Waals surface area contributed by atoms with E-state index in [1.54, 1.807) is 10.7 Å². The fourth-order valence-corrected chi connectivity index (χ4v) is 3.89. The first kappa shape index (κ1) is 17.5. The van der Waals surface area contributed by atoms with Gasteiger partial charge in [-0.3, -0.25) is 4.79 Å². The molecule has 1 aliphatic rings. The van der Waals surface area contributed by atoms with Crippen molar-refractivity contribution in [3.63, 3.8) is 0 Å². The van der Waals surface area contributed by atoms with Crippen LogP contribution in [0.5, 0.6) is 5.75 Å². The summed E-state index contributed by atoms with van der Waals surface area (Å²) in [5, 5.41) is 4.37. The molecule has 1 saturated heterocycles. The maximum atomic E-state index is 13.3. The fourth-order valence-electron chi connectivity index (χ4n) is 3.89. The van der Waals surface area contributed by atoms with Gasteiger partial charge >= 0.3 is 0 Å². The van der Waals surface area contributed by atoms with E-state index in [4.69, 9.17) is 4.74 Å². The molecule has 1 fully saturated rings. The van der Waals surface area contributed by atoms with Crippen LogP contribution in [-0.2, 0) is 0 Å². The van der Waals surface area contributed by atoms with E-state index in [0.29, 0.717) is 17.8 Å². The molecule has 1 aliphatic heterocycles. The zero-order chi connectivity index (χ0) is 19.0. The van der Waals surface area contributed by atoms with Crippen molar-refractivity contribution < 1.29 is 9.53 Å². The van der Waals surface area contributed by atoms with Crippen molar-refractivity contribution in [2.75, 3.05) is 13.2 Å². The molecule has 1 unspecified atom stereocenters. The second kappa shape index (κ2) is 7.02. The summed E-state index contributed by atoms with van der Waals surface area (Å²) in [5.74, 6) is 0.855. The van der Waals surface area contributed by atoms with Gasteiger partial charge in [0.25, 0.3) is 5.91 Å². The smallest absolute Gasteiger partial charge is 0.259 e. The minimum absolute atomic E-state index is 0.00103. The Hall–Kier alpha value is -2.89. The topological polar surface area (TPSA) is 59.7 Å². The lowest BCUT2D eigenvalue weighted by atomic mass is 10.0. The van der Waals surface area contributed by atoms with Gasteiger partial charge in [0, 0.05) is 17.9 Å². The van der Waals surface area contributed by atoms with Crippen molar-refractivity contribution in [2.45, 2.75) is 39.7 Å². The summed E-state index contributed by atoms with van der Waals surface area (Å²) in [7, 11) is 0. The SMILES string of the molecule is CCOc1ccc(C2CCCN2C(=O)c2cnn3c(C)cc(C)nc23)cc1. The van der Waals surface area contributed by atoms with Crippen LogP contribution in [-0.4, -0.2) is 38.6 Å². The summed E-state index contributed by atoms with van der Waals surface area (Å²) in [6.45, 7) is 7.28. The van der Waals surface area contributed by atoms with Crippen molar-refractivity contribution >= 4 is 11.6 Å². The average molecular weight is 364 g/mol. The summed E-state index contributed by atoms with van der Waals surface area (Å²) in [6, 6.07) is 10.1. The van der Waals surface area contributed by atoms with Gasteiger partial charge in [-0.25, -0.2) is 9.50 Å². The highest BCUT2D eigenvalue weighted by molar-refractivity contribution is 6.00. The Morgan fingerprint density at radius 3 is 2.78 bits per heavy atom. The predicted octanol–water partition coefficient (Wildman–Crippen LogP) is 3.72. The second-order valence-corrected chi connectivity index (χ2v) is 6.99. The van der Waals surface area contributed by atoms with Gasteiger partial charge in [-0.15, -0.1) is 0 Å². The van der Waals surface area contributed by atoms with Crippen LogP contribution >= 0.6 is 0 Å². The molecule has 0 saturated carbocycles. The van der Waals surface area contributed by atoms with Crippen LogP contribution in [0.1, 0.15) is 53.1 Å². The van der Waals surface area contributed by atoms with Crippen molar-refractivity contribution in [1.29, 1.82) is 0 Å². The van der Waals surface area contributed by atoms with Gasteiger partial charge in [-0.1, -0.05) is 12.1 Å².